The minimum Gasteiger partial charge on any atom is -0.488 e. The Labute approximate surface area is 320 Å². The number of likely N-dealkylation sites (tertiary alicyclic amines) is 1. The average Bonchev–Trinajstić information content (AvgIpc) is 3.68. The van der Waals surface area contributed by atoms with E-state index >= 15 is 0 Å². The third kappa shape index (κ3) is 7.41. The molecule has 1 N–H and O–H groups in total. The highest BCUT2D eigenvalue weighted by molar-refractivity contribution is 6.32. The molecule has 3 aliphatic rings. The minimum absolute atomic E-state index is 0.163. The van der Waals surface area contributed by atoms with Crippen LogP contribution in [0.1, 0.15) is 84.6 Å². The third-order valence-corrected chi connectivity index (χ3v) is 12.0. The van der Waals surface area contributed by atoms with Gasteiger partial charge in [0.2, 0.25) is 0 Å². The summed E-state index contributed by atoms with van der Waals surface area (Å²) in [5.74, 6) is 1.38. The molecular weight excluding hydrogens is 702 g/mol. The van der Waals surface area contributed by atoms with Gasteiger partial charge in [-0.3, -0.25) is 14.7 Å². The molecule has 3 aliphatic heterocycles. The average molecular weight is 746 g/mol. The Kier molecular flexibility index (Phi) is 10.3. The summed E-state index contributed by atoms with van der Waals surface area (Å²) in [6, 6.07) is 20.6. The molecule has 10 nitrogen and oxygen atoms in total. The summed E-state index contributed by atoms with van der Waals surface area (Å²) >= 11 is 6.87. The maximum Gasteiger partial charge on any atom is 0.320 e. The number of aliphatic carboxylic acids is 1. The number of carboxylic acid groups (broad SMARTS) is 1. The summed E-state index contributed by atoms with van der Waals surface area (Å²) in [6.45, 7) is 3.56. The van der Waals surface area contributed by atoms with Crippen molar-refractivity contribution in [2.24, 2.45) is 0 Å². The molecule has 8 rings (SSSR count). The van der Waals surface area contributed by atoms with Crippen molar-refractivity contribution in [3.05, 3.63) is 106 Å². The molecule has 0 aliphatic carbocycles. The van der Waals surface area contributed by atoms with Crippen LogP contribution in [0.25, 0.3) is 22.2 Å². The number of oxazole rings is 1. The van der Waals surface area contributed by atoms with E-state index in [0.717, 1.165) is 76.1 Å². The number of piperidine rings is 2. The molecule has 0 saturated carbocycles. The van der Waals surface area contributed by atoms with Crippen LogP contribution in [-0.2, 0) is 24.6 Å². The first-order valence-electron chi connectivity index (χ1n) is 18.8. The lowest BCUT2D eigenvalue weighted by molar-refractivity contribution is -0.144. The van der Waals surface area contributed by atoms with Crippen molar-refractivity contribution in [3.63, 3.8) is 0 Å². The lowest BCUT2D eigenvalue weighted by Crippen LogP contribution is -2.44. The van der Waals surface area contributed by atoms with Crippen LogP contribution in [0.15, 0.2) is 71.4 Å². The molecule has 3 saturated heterocycles. The summed E-state index contributed by atoms with van der Waals surface area (Å²) < 4.78 is 19.0. The predicted molar refractivity (Wildman–Crippen MR) is 205 cm³/mol. The van der Waals surface area contributed by atoms with Crippen molar-refractivity contribution in [3.8, 4) is 28.7 Å². The Bertz CT molecular complexity index is 2220. The fourth-order valence-corrected chi connectivity index (χ4v) is 8.86. The first-order valence-corrected chi connectivity index (χ1v) is 19.2. The molecule has 0 spiro atoms. The molecule has 11 heteroatoms. The van der Waals surface area contributed by atoms with E-state index in [1.165, 1.54) is 19.0 Å². The van der Waals surface area contributed by atoms with E-state index in [1.54, 1.807) is 18.3 Å². The SMILES string of the molecule is Cc1c(COc2cc(OCc3cncc(C#N)c3)c(CN3CCCC[C@H]3C(=O)O)cc2Cl)cccc1-c1ccc2oc(C3CC4CCC(C3)N4C)nc2c1. The van der Waals surface area contributed by atoms with Crippen LogP contribution in [0, 0.1) is 18.3 Å². The molecule has 0 amide bonds. The Morgan fingerprint density at radius 3 is 2.61 bits per heavy atom. The Balaban J connectivity index is 1.02. The highest BCUT2D eigenvalue weighted by Crippen LogP contribution is 2.43. The number of fused-ring (bicyclic) bond motifs is 3. The number of hydrogen-bond donors (Lipinski definition) is 1. The lowest BCUT2D eigenvalue weighted by atomic mass is 9.91. The number of hydrogen-bond acceptors (Lipinski definition) is 9. The van der Waals surface area contributed by atoms with Gasteiger partial charge in [-0.05, 0) is 106 Å². The van der Waals surface area contributed by atoms with Gasteiger partial charge in [-0.15, -0.1) is 0 Å². The van der Waals surface area contributed by atoms with Crippen molar-refractivity contribution in [1.29, 1.82) is 5.26 Å². The van der Waals surface area contributed by atoms with Gasteiger partial charge in [-0.1, -0.05) is 42.3 Å². The molecule has 278 valence electrons. The van der Waals surface area contributed by atoms with Crippen LogP contribution in [-0.4, -0.2) is 62.6 Å². The molecule has 0 radical (unpaired) electrons. The number of carbonyl (C=O) groups is 1. The standard InChI is InChI=1S/C43H44ClN5O5/c1-26-30(6-5-7-35(26)29-9-12-39-37(18-29)47-42(54-39)31-15-33-10-11-34(16-31)48(33)2)25-53-41-19-40(52-24-28-14-27(20-45)21-46-22-28)32(17-36(41)44)23-49-13-4-3-8-38(49)43(50)51/h5-7,9,12,14,17-19,21-22,31,33-34,38H,3-4,8,10-11,13,15-16,23-25H2,1-2H3,(H,50,51)/t31?,33?,34?,38-/m0/s1. The molecule has 2 aromatic heterocycles. The zero-order chi connectivity index (χ0) is 37.3. The first kappa shape index (κ1) is 36.0. The topological polar surface area (TPSA) is 125 Å². The number of nitrogens with zero attached hydrogens (tertiary/aromatic N) is 5. The van der Waals surface area contributed by atoms with Gasteiger partial charge in [0.25, 0.3) is 0 Å². The zero-order valence-electron chi connectivity index (χ0n) is 30.6. The molecule has 3 atom stereocenters. The summed E-state index contributed by atoms with van der Waals surface area (Å²) in [6.07, 6.45) is 10.3. The highest BCUT2D eigenvalue weighted by atomic mass is 35.5. The van der Waals surface area contributed by atoms with Crippen molar-refractivity contribution in [2.75, 3.05) is 13.6 Å². The number of nitriles is 1. The fraction of sp³-hybridized carbons (Fsp3) is 0.395. The number of carboxylic acids is 1. The van der Waals surface area contributed by atoms with Crippen LogP contribution < -0.4 is 9.47 Å². The monoisotopic (exact) mass is 745 g/mol. The Morgan fingerprint density at radius 1 is 1.00 bits per heavy atom. The van der Waals surface area contributed by atoms with Gasteiger partial charge in [0.1, 0.15) is 42.3 Å². The Hall–Kier alpha value is -4.95. The van der Waals surface area contributed by atoms with Crippen LogP contribution in [0.5, 0.6) is 11.5 Å². The smallest absolute Gasteiger partial charge is 0.320 e. The second-order valence-corrected chi connectivity index (χ2v) is 15.4. The van der Waals surface area contributed by atoms with Gasteiger partial charge in [-0.2, -0.15) is 5.26 Å². The van der Waals surface area contributed by atoms with E-state index in [0.29, 0.717) is 59.6 Å². The van der Waals surface area contributed by atoms with Gasteiger partial charge in [0.15, 0.2) is 11.5 Å². The van der Waals surface area contributed by atoms with E-state index in [2.05, 4.69) is 54.2 Å². The van der Waals surface area contributed by atoms with Crippen molar-refractivity contribution in [1.82, 2.24) is 19.8 Å². The number of ether oxygens (including phenoxy) is 2. The molecule has 2 unspecified atom stereocenters. The fourth-order valence-electron chi connectivity index (χ4n) is 8.62. The zero-order valence-corrected chi connectivity index (χ0v) is 31.4. The molecule has 3 fully saturated rings. The van der Waals surface area contributed by atoms with E-state index < -0.39 is 12.0 Å². The largest absolute Gasteiger partial charge is 0.488 e. The van der Waals surface area contributed by atoms with Gasteiger partial charge < -0.3 is 23.9 Å². The van der Waals surface area contributed by atoms with E-state index in [1.807, 2.05) is 23.1 Å². The van der Waals surface area contributed by atoms with E-state index in [-0.39, 0.29) is 13.2 Å². The van der Waals surface area contributed by atoms with Gasteiger partial charge in [0, 0.05) is 54.1 Å². The van der Waals surface area contributed by atoms with Crippen LogP contribution in [0.4, 0.5) is 0 Å². The van der Waals surface area contributed by atoms with Crippen LogP contribution >= 0.6 is 11.6 Å². The molecule has 2 bridgehead atoms. The van der Waals surface area contributed by atoms with Gasteiger partial charge in [-0.25, -0.2) is 4.98 Å². The van der Waals surface area contributed by atoms with Gasteiger partial charge in [0.05, 0.1) is 10.6 Å². The maximum atomic E-state index is 12.1. The lowest BCUT2D eigenvalue weighted by Gasteiger charge is -2.34. The van der Waals surface area contributed by atoms with Crippen molar-refractivity contribution < 1.29 is 23.8 Å². The number of halogens is 1. The van der Waals surface area contributed by atoms with Crippen LogP contribution in [0.2, 0.25) is 5.02 Å². The highest BCUT2D eigenvalue weighted by Gasteiger charge is 2.40. The predicted octanol–water partition coefficient (Wildman–Crippen LogP) is 8.66. The maximum absolute atomic E-state index is 12.1. The minimum atomic E-state index is -0.829. The third-order valence-electron chi connectivity index (χ3n) is 11.7. The molecule has 5 heterocycles. The second-order valence-electron chi connectivity index (χ2n) is 15.0. The van der Waals surface area contributed by atoms with E-state index in [4.69, 9.17) is 30.5 Å². The van der Waals surface area contributed by atoms with Crippen molar-refractivity contribution in [2.45, 2.75) is 95.7 Å². The Morgan fingerprint density at radius 2 is 1.81 bits per heavy atom. The first-order chi connectivity index (χ1) is 26.2. The molecule has 3 aromatic carbocycles. The second kappa shape index (κ2) is 15.4. The summed E-state index contributed by atoms with van der Waals surface area (Å²) in [4.78, 5) is 25.7. The quantitative estimate of drug-likeness (QED) is 0.140. The summed E-state index contributed by atoms with van der Waals surface area (Å²) in [7, 11) is 2.25. The molecular formula is C43H44ClN5O5. The number of benzene rings is 3. The van der Waals surface area contributed by atoms with E-state index in [9.17, 15) is 15.2 Å². The molecule has 54 heavy (non-hydrogen) atoms. The summed E-state index contributed by atoms with van der Waals surface area (Å²) in [5, 5.41) is 19.7. The van der Waals surface area contributed by atoms with Gasteiger partial charge >= 0.3 is 5.97 Å². The van der Waals surface area contributed by atoms with Crippen LogP contribution in [0.3, 0.4) is 0 Å². The normalized spacial score (nSPS) is 21.6. The summed E-state index contributed by atoms with van der Waals surface area (Å²) in [5.41, 5.74) is 7.89. The number of pyridine rings is 1. The number of aromatic nitrogens is 2. The van der Waals surface area contributed by atoms with Crippen molar-refractivity contribution >= 4 is 28.7 Å². The number of rotatable bonds is 11. The molecule has 5 aromatic rings.